The van der Waals surface area contributed by atoms with Gasteiger partial charge in [0.1, 0.15) is 12.1 Å². The molecule has 0 radical (unpaired) electrons. The second kappa shape index (κ2) is 6.38. The van der Waals surface area contributed by atoms with Gasteiger partial charge in [0.05, 0.1) is 5.52 Å². The molecule has 4 heterocycles. The minimum absolute atomic E-state index is 0.730. The molecule has 7 nitrogen and oxygen atoms in total. The molecule has 27 heavy (non-hydrogen) atoms. The van der Waals surface area contributed by atoms with Crippen LogP contribution in [0, 0.1) is 0 Å². The molecule has 3 N–H and O–H groups in total. The van der Waals surface area contributed by atoms with E-state index in [1.807, 2.05) is 48.7 Å². The molecule has 7 heteroatoms. The van der Waals surface area contributed by atoms with Crippen LogP contribution < -0.4 is 5.32 Å². The quantitative estimate of drug-likeness (QED) is 0.451. The van der Waals surface area contributed by atoms with Gasteiger partial charge in [0.15, 0.2) is 5.82 Å². The number of hydrogen-bond acceptors (Lipinski definition) is 5. The van der Waals surface area contributed by atoms with Gasteiger partial charge in [0.25, 0.3) is 0 Å². The molecule has 4 aromatic heterocycles. The van der Waals surface area contributed by atoms with Crippen molar-refractivity contribution in [1.82, 2.24) is 30.1 Å². The molecule has 0 unspecified atom stereocenters. The Hall–Kier alpha value is -4.00. The van der Waals surface area contributed by atoms with Crippen LogP contribution in [0.2, 0.25) is 0 Å². The minimum Gasteiger partial charge on any atom is -0.354 e. The highest BCUT2D eigenvalue weighted by Crippen LogP contribution is 2.26. The number of aromatic amines is 2. The molecule has 0 amide bonds. The summed E-state index contributed by atoms with van der Waals surface area (Å²) in [6.07, 6.45) is 7.00. The molecule has 0 aliphatic rings. The van der Waals surface area contributed by atoms with Crippen LogP contribution in [0.4, 0.5) is 11.5 Å². The van der Waals surface area contributed by atoms with Crippen LogP contribution in [0.5, 0.6) is 0 Å². The molecule has 0 aliphatic heterocycles. The topological polar surface area (TPSA) is 95.2 Å². The summed E-state index contributed by atoms with van der Waals surface area (Å²) in [6, 6.07) is 16.0. The van der Waals surface area contributed by atoms with Gasteiger partial charge < -0.3 is 15.3 Å². The van der Waals surface area contributed by atoms with Crippen LogP contribution in [-0.4, -0.2) is 30.1 Å². The zero-order valence-electron chi connectivity index (χ0n) is 14.2. The van der Waals surface area contributed by atoms with Crippen molar-refractivity contribution in [3.63, 3.8) is 0 Å². The first-order valence-electron chi connectivity index (χ1n) is 8.48. The maximum Gasteiger partial charge on any atom is 0.161 e. The van der Waals surface area contributed by atoms with E-state index in [9.17, 15) is 0 Å². The third-order valence-corrected chi connectivity index (χ3v) is 4.32. The van der Waals surface area contributed by atoms with Gasteiger partial charge in [-0.15, -0.1) is 10.2 Å². The summed E-state index contributed by atoms with van der Waals surface area (Å²) in [4.78, 5) is 15.0. The maximum absolute atomic E-state index is 4.52. The van der Waals surface area contributed by atoms with Crippen molar-refractivity contribution in [1.29, 1.82) is 0 Å². The Bertz CT molecular complexity index is 1190. The fourth-order valence-corrected chi connectivity index (χ4v) is 3.02. The fourth-order valence-electron chi connectivity index (χ4n) is 3.02. The number of anilines is 2. The van der Waals surface area contributed by atoms with E-state index in [1.54, 1.807) is 18.7 Å². The van der Waals surface area contributed by atoms with Crippen LogP contribution in [0.25, 0.3) is 33.5 Å². The molecular formula is C20H15N7. The van der Waals surface area contributed by atoms with Crippen LogP contribution >= 0.6 is 0 Å². The van der Waals surface area contributed by atoms with E-state index < -0.39 is 0 Å². The third-order valence-electron chi connectivity index (χ3n) is 4.32. The Morgan fingerprint density at radius 1 is 0.926 bits per heavy atom. The number of aromatic nitrogens is 6. The van der Waals surface area contributed by atoms with E-state index in [4.69, 9.17) is 0 Å². The van der Waals surface area contributed by atoms with Crippen LogP contribution in [-0.2, 0) is 0 Å². The number of H-pyrrole nitrogens is 2. The lowest BCUT2D eigenvalue weighted by Crippen LogP contribution is -1.93. The lowest BCUT2D eigenvalue weighted by atomic mass is 10.2. The van der Waals surface area contributed by atoms with E-state index in [0.717, 1.165) is 45.1 Å². The monoisotopic (exact) mass is 353 g/mol. The van der Waals surface area contributed by atoms with E-state index >= 15 is 0 Å². The van der Waals surface area contributed by atoms with Crippen molar-refractivity contribution < 1.29 is 0 Å². The molecule has 5 rings (SSSR count). The Labute approximate surface area is 154 Å². The Kier molecular flexibility index (Phi) is 3.61. The maximum atomic E-state index is 4.52. The molecule has 5 aromatic rings. The molecule has 0 fully saturated rings. The highest BCUT2D eigenvalue weighted by atomic mass is 15.2. The number of nitrogens with one attached hydrogen (secondary N) is 3. The average molecular weight is 353 g/mol. The molecular weight excluding hydrogens is 338 g/mol. The second-order valence-corrected chi connectivity index (χ2v) is 6.12. The van der Waals surface area contributed by atoms with Crippen molar-refractivity contribution in [2.45, 2.75) is 0 Å². The Morgan fingerprint density at radius 3 is 2.70 bits per heavy atom. The summed E-state index contributed by atoms with van der Waals surface area (Å²) in [5, 5.41) is 12.3. The Morgan fingerprint density at radius 2 is 1.85 bits per heavy atom. The summed E-state index contributed by atoms with van der Waals surface area (Å²) in [5.41, 5.74) is 5.04. The van der Waals surface area contributed by atoms with Gasteiger partial charge in [-0.05, 0) is 30.3 Å². The lowest BCUT2D eigenvalue weighted by molar-refractivity contribution is 1.10. The summed E-state index contributed by atoms with van der Waals surface area (Å²) < 4.78 is 0. The van der Waals surface area contributed by atoms with Gasteiger partial charge >= 0.3 is 0 Å². The molecule has 130 valence electrons. The molecule has 0 bridgehead atoms. The summed E-state index contributed by atoms with van der Waals surface area (Å²) in [5.74, 6) is 1.49. The zero-order valence-corrected chi connectivity index (χ0v) is 14.2. The van der Waals surface area contributed by atoms with Crippen LogP contribution in [0.3, 0.4) is 0 Å². The Balaban J connectivity index is 1.45. The summed E-state index contributed by atoms with van der Waals surface area (Å²) in [7, 11) is 0. The van der Waals surface area contributed by atoms with Crippen molar-refractivity contribution >= 4 is 22.4 Å². The molecule has 0 atom stereocenters. The van der Waals surface area contributed by atoms with Crippen LogP contribution in [0.15, 0.2) is 73.4 Å². The zero-order chi connectivity index (χ0) is 18.1. The fraction of sp³-hybridized carbons (Fsp3) is 0. The van der Waals surface area contributed by atoms with Gasteiger partial charge in [-0.3, -0.25) is 4.98 Å². The first-order chi connectivity index (χ1) is 13.3. The minimum atomic E-state index is 0.730. The second-order valence-electron chi connectivity index (χ2n) is 6.12. The lowest BCUT2D eigenvalue weighted by Gasteiger charge is -2.07. The van der Waals surface area contributed by atoms with E-state index in [1.165, 1.54) is 0 Å². The highest BCUT2D eigenvalue weighted by molar-refractivity contribution is 5.87. The van der Waals surface area contributed by atoms with E-state index in [-0.39, 0.29) is 0 Å². The highest BCUT2D eigenvalue weighted by Gasteiger charge is 2.06. The normalized spacial score (nSPS) is 11.0. The van der Waals surface area contributed by atoms with Crippen molar-refractivity contribution in [3.05, 3.63) is 73.4 Å². The molecule has 1 aromatic carbocycles. The van der Waals surface area contributed by atoms with Crippen molar-refractivity contribution in [3.8, 4) is 22.6 Å². The average Bonchev–Trinajstić information content (AvgIpc) is 3.39. The number of nitrogens with zero attached hydrogens (tertiary/aromatic N) is 4. The third kappa shape index (κ3) is 3.02. The first kappa shape index (κ1) is 15.3. The van der Waals surface area contributed by atoms with E-state index in [0.29, 0.717) is 0 Å². The van der Waals surface area contributed by atoms with Crippen LogP contribution in [0.1, 0.15) is 0 Å². The predicted molar refractivity (Wildman–Crippen MR) is 104 cm³/mol. The number of rotatable bonds is 4. The van der Waals surface area contributed by atoms with Gasteiger partial charge in [-0.25, -0.2) is 4.98 Å². The summed E-state index contributed by atoms with van der Waals surface area (Å²) >= 11 is 0. The van der Waals surface area contributed by atoms with Gasteiger partial charge in [-0.2, -0.15) is 0 Å². The van der Waals surface area contributed by atoms with Crippen molar-refractivity contribution in [2.24, 2.45) is 0 Å². The number of hydrogen-bond donors (Lipinski definition) is 3. The standard InChI is InChI=1S/C20H15N7/c1-2-14(20-23-12-24-27-20)8-16(3-1)25-19-10-18-15(11-22-19)9-17(26-18)13-4-6-21-7-5-13/h1-12,26H,(H,22,25)(H,23,24,27). The van der Waals surface area contributed by atoms with Gasteiger partial charge in [-0.1, -0.05) is 12.1 Å². The molecule has 0 saturated carbocycles. The number of fused-ring (bicyclic) bond motifs is 1. The number of pyridine rings is 2. The largest absolute Gasteiger partial charge is 0.354 e. The first-order valence-corrected chi connectivity index (χ1v) is 8.48. The summed E-state index contributed by atoms with van der Waals surface area (Å²) in [6.45, 7) is 0. The van der Waals surface area contributed by atoms with Gasteiger partial charge in [0.2, 0.25) is 0 Å². The van der Waals surface area contributed by atoms with Crippen molar-refractivity contribution in [2.75, 3.05) is 5.32 Å². The smallest absolute Gasteiger partial charge is 0.161 e. The van der Waals surface area contributed by atoms with E-state index in [2.05, 4.69) is 41.5 Å². The SMILES string of the molecule is c1cc(Nc2cc3[nH]c(-c4ccncc4)cc3cn2)cc(-c2nnc[nH]2)c1. The molecule has 0 saturated heterocycles. The van der Waals surface area contributed by atoms with Gasteiger partial charge in [0, 0.05) is 52.6 Å². The number of benzene rings is 1. The predicted octanol–water partition coefficient (Wildman–Crippen LogP) is 4.15. The molecule has 0 aliphatic carbocycles. The molecule has 0 spiro atoms.